The van der Waals surface area contributed by atoms with Crippen molar-refractivity contribution in [3.8, 4) is 6.07 Å². The van der Waals surface area contributed by atoms with Gasteiger partial charge in [-0.2, -0.15) is 5.26 Å². The smallest absolute Gasteiger partial charge is 0.234 e. The minimum absolute atomic E-state index is 0.0187. The molecular weight excluding hydrogens is 378 g/mol. The number of nitriles is 1. The highest BCUT2D eigenvalue weighted by atomic mass is 16.5. The number of rotatable bonds is 10. The Labute approximate surface area is 178 Å². The van der Waals surface area contributed by atoms with E-state index in [1.54, 1.807) is 6.20 Å². The van der Waals surface area contributed by atoms with Gasteiger partial charge in [-0.25, -0.2) is 0 Å². The first-order valence-electron chi connectivity index (χ1n) is 10.4. The van der Waals surface area contributed by atoms with Gasteiger partial charge >= 0.3 is 0 Å². The summed E-state index contributed by atoms with van der Waals surface area (Å²) in [6.45, 7) is 5.04. The second kappa shape index (κ2) is 12.0. The van der Waals surface area contributed by atoms with Gasteiger partial charge < -0.3 is 10.1 Å². The van der Waals surface area contributed by atoms with Crippen LogP contribution in [0.5, 0.6) is 0 Å². The summed E-state index contributed by atoms with van der Waals surface area (Å²) in [6.07, 6.45) is 2.09. The summed E-state index contributed by atoms with van der Waals surface area (Å²) >= 11 is 0. The number of morpholine rings is 1. The lowest BCUT2D eigenvalue weighted by Crippen LogP contribution is -2.48. The van der Waals surface area contributed by atoms with Crippen LogP contribution in [0.4, 0.5) is 0 Å². The molecule has 1 aromatic carbocycles. The number of carbonyl (C=O) groups excluding carboxylic acids is 1. The van der Waals surface area contributed by atoms with E-state index in [1.165, 1.54) is 5.56 Å². The second-order valence-electron chi connectivity index (χ2n) is 7.46. The normalized spacial score (nSPS) is 16.9. The molecule has 1 unspecified atom stereocenters. The van der Waals surface area contributed by atoms with Gasteiger partial charge in [-0.05, 0) is 17.7 Å². The van der Waals surface area contributed by atoms with E-state index in [2.05, 4.69) is 45.5 Å². The lowest BCUT2D eigenvalue weighted by molar-refractivity contribution is -0.123. The van der Waals surface area contributed by atoms with Gasteiger partial charge in [0.1, 0.15) is 0 Å². The first-order chi connectivity index (χ1) is 14.7. The van der Waals surface area contributed by atoms with E-state index in [1.807, 2.05) is 29.2 Å². The van der Waals surface area contributed by atoms with Crippen molar-refractivity contribution < 1.29 is 9.53 Å². The SMILES string of the molecule is N#CCCN(CC(=O)NCC1CN(Cc2ccccc2)CCO1)Cc1ccccn1. The summed E-state index contributed by atoms with van der Waals surface area (Å²) in [5.74, 6) is -0.0624. The van der Waals surface area contributed by atoms with Crippen molar-refractivity contribution in [3.05, 3.63) is 66.0 Å². The highest BCUT2D eigenvalue weighted by Gasteiger charge is 2.21. The fraction of sp³-hybridized carbons (Fsp3) is 0.435. The number of ether oxygens (including phenoxy) is 1. The molecule has 1 aliphatic rings. The van der Waals surface area contributed by atoms with E-state index >= 15 is 0 Å². The maximum absolute atomic E-state index is 12.5. The number of pyridine rings is 1. The molecule has 1 aromatic heterocycles. The predicted molar refractivity (Wildman–Crippen MR) is 114 cm³/mol. The Morgan fingerprint density at radius 2 is 2.10 bits per heavy atom. The van der Waals surface area contributed by atoms with Gasteiger partial charge in [0.25, 0.3) is 0 Å². The van der Waals surface area contributed by atoms with E-state index in [0.717, 1.165) is 25.3 Å². The van der Waals surface area contributed by atoms with Gasteiger partial charge in [-0.1, -0.05) is 36.4 Å². The van der Waals surface area contributed by atoms with Crippen LogP contribution in [0.3, 0.4) is 0 Å². The van der Waals surface area contributed by atoms with Gasteiger partial charge in [0.15, 0.2) is 0 Å². The summed E-state index contributed by atoms with van der Waals surface area (Å²) in [4.78, 5) is 21.1. The Balaban J connectivity index is 1.44. The number of aromatic nitrogens is 1. The fourth-order valence-electron chi connectivity index (χ4n) is 3.52. The zero-order valence-corrected chi connectivity index (χ0v) is 17.2. The average Bonchev–Trinajstić information content (AvgIpc) is 2.78. The highest BCUT2D eigenvalue weighted by Crippen LogP contribution is 2.10. The molecule has 30 heavy (non-hydrogen) atoms. The Kier molecular flexibility index (Phi) is 8.79. The number of nitrogens with zero attached hydrogens (tertiary/aromatic N) is 4. The van der Waals surface area contributed by atoms with E-state index in [4.69, 9.17) is 10.00 Å². The molecule has 0 bridgehead atoms. The monoisotopic (exact) mass is 407 g/mol. The van der Waals surface area contributed by atoms with Crippen molar-refractivity contribution in [1.82, 2.24) is 20.1 Å². The zero-order chi connectivity index (χ0) is 21.0. The fourth-order valence-corrected chi connectivity index (χ4v) is 3.52. The molecule has 158 valence electrons. The lowest BCUT2D eigenvalue weighted by Gasteiger charge is -2.33. The van der Waals surface area contributed by atoms with Crippen LogP contribution in [0, 0.1) is 11.3 Å². The summed E-state index contributed by atoms with van der Waals surface area (Å²) in [5, 5.41) is 11.9. The summed E-state index contributed by atoms with van der Waals surface area (Å²) in [6, 6.07) is 18.2. The Hall–Kier alpha value is -2.79. The van der Waals surface area contributed by atoms with Crippen molar-refractivity contribution in [2.45, 2.75) is 25.6 Å². The Bertz CT molecular complexity index is 809. The molecule has 1 aliphatic heterocycles. The first kappa shape index (κ1) is 21.9. The predicted octanol–water partition coefficient (Wildman–Crippen LogP) is 1.81. The highest BCUT2D eigenvalue weighted by molar-refractivity contribution is 5.78. The third kappa shape index (κ3) is 7.56. The second-order valence-corrected chi connectivity index (χ2v) is 7.46. The molecule has 1 saturated heterocycles. The molecule has 0 aliphatic carbocycles. The van der Waals surface area contributed by atoms with Gasteiger partial charge in [-0.15, -0.1) is 0 Å². The molecule has 3 rings (SSSR count). The van der Waals surface area contributed by atoms with E-state index in [9.17, 15) is 4.79 Å². The molecule has 1 amide bonds. The van der Waals surface area contributed by atoms with Gasteiger partial charge in [0.2, 0.25) is 5.91 Å². The van der Waals surface area contributed by atoms with Crippen LogP contribution >= 0.6 is 0 Å². The quantitative estimate of drug-likeness (QED) is 0.647. The minimum Gasteiger partial charge on any atom is -0.374 e. The standard InChI is InChI=1S/C23H29N5O2/c24-10-6-12-27(17-21-9-4-5-11-25-21)19-23(29)26-15-22-18-28(13-14-30-22)16-20-7-2-1-3-8-20/h1-5,7-9,11,22H,6,12-19H2,(H,26,29). The van der Waals surface area contributed by atoms with Crippen molar-refractivity contribution in [1.29, 1.82) is 5.26 Å². The number of amides is 1. The lowest BCUT2D eigenvalue weighted by atomic mass is 10.2. The van der Waals surface area contributed by atoms with Crippen LogP contribution in [0.1, 0.15) is 17.7 Å². The number of carbonyl (C=O) groups is 1. The Morgan fingerprint density at radius 1 is 1.27 bits per heavy atom. The van der Waals surface area contributed by atoms with E-state index in [-0.39, 0.29) is 18.6 Å². The summed E-state index contributed by atoms with van der Waals surface area (Å²) in [5.41, 5.74) is 2.17. The maximum Gasteiger partial charge on any atom is 0.234 e. The van der Waals surface area contributed by atoms with Crippen LogP contribution in [0.15, 0.2) is 54.7 Å². The van der Waals surface area contributed by atoms with Crippen molar-refractivity contribution in [2.24, 2.45) is 0 Å². The molecule has 0 saturated carbocycles. The van der Waals surface area contributed by atoms with Gasteiger partial charge in [-0.3, -0.25) is 19.6 Å². The number of hydrogen-bond acceptors (Lipinski definition) is 6. The molecule has 1 N–H and O–H groups in total. The zero-order valence-electron chi connectivity index (χ0n) is 17.2. The third-order valence-electron chi connectivity index (χ3n) is 5.02. The number of hydrogen-bond donors (Lipinski definition) is 1. The molecule has 1 atom stereocenters. The molecule has 2 heterocycles. The molecule has 2 aromatic rings. The average molecular weight is 408 g/mol. The number of nitrogens with one attached hydrogen (secondary N) is 1. The van der Waals surface area contributed by atoms with Crippen molar-refractivity contribution in [2.75, 3.05) is 39.3 Å². The molecule has 1 fully saturated rings. The minimum atomic E-state index is -0.0624. The molecule has 7 nitrogen and oxygen atoms in total. The van der Waals surface area contributed by atoms with Crippen LogP contribution in [-0.2, 0) is 22.6 Å². The largest absolute Gasteiger partial charge is 0.374 e. The summed E-state index contributed by atoms with van der Waals surface area (Å²) in [7, 11) is 0. The Morgan fingerprint density at radius 3 is 2.87 bits per heavy atom. The topological polar surface area (TPSA) is 81.5 Å². The van der Waals surface area contributed by atoms with Crippen molar-refractivity contribution in [3.63, 3.8) is 0 Å². The van der Waals surface area contributed by atoms with Crippen LogP contribution < -0.4 is 5.32 Å². The van der Waals surface area contributed by atoms with Crippen LogP contribution in [-0.4, -0.2) is 66.1 Å². The molecule has 0 spiro atoms. The van der Waals surface area contributed by atoms with Crippen molar-refractivity contribution >= 4 is 5.91 Å². The first-order valence-corrected chi connectivity index (χ1v) is 10.4. The van der Waals surface area contributed by atoms with Crippen LogP contribution in [0.25, 0.3) is 0 Å². The van der Waals surface area contributed by atoms with E-state index in [0.29, 0.717) is 32.7 Å². The molecule has 0 radical (unpaired) electrons. The van der Waals surface area contributed by atoms with Gasteiger partial charge in [0, 0.05) is 51.9 Å². The third-order valence-corrected chi connectivity index (χ3v) is 5.02. The van der Waals surface area contributed by atoms with E-state index < -0.39 is 0 Å². The number of benzene rings is 1. The molecule has 7 heteroatoms. The molecular formula is C23H29N5O2. The summed E-state index contributed by atoms with van der Waals surface area (Å²) < 4.78 is 5.84. The maximum atomic E-state index is 12.5. The van der Waals surface area contributed by atoms with Gasteiger partial charge in [0.05, 0.1) is 31.0 Å². The van der Waals surface area contributed by atoms with Crippen LogP contribution in [0.2, 0.25) is 0 Å².